The Morgan fingerprint density at radius 2 is 1.86 bits per heavy atom. The lowest BCUT2D eigenvalue weighted by molar-refractivity contribution is 0.0570. The van der Waals surface area contributed by atoms with Crippen LogP contribution in [-0.2, 0) is 0 Å². The molecule has 1 N–H and O–H groups in total. The van der Waals surface area contributed by atoms with Crippen molar-refractivity contribution in [3.05, 3.63) is 23.8 Å². The van der Waals surface area contributed by atoms with E-state index in [1.54, 1.807) is 19.2 Å². The van der Waals surface area contributed by atoms with Gasteiger partial charge in [-0.1, -0.05) is 12.8 Å². The Labute approximate surface area is 131 Å². The maximum atomic E-state index is 12.6. The molecule has 0 spiro atoms. The average molecular weight is 304 g/mol. The van der Waals surface area contributed by atoms with Crippen molar-refractivity contribution in [2.75, 3.05) is 33.3 Å². The molecule has 1 heterocycles. The smallest absolute Gasteiger partial charge is 0.257 e. The average Bonchev–Trinajstić information content (AvgIpc) is 3.09. The quantitative estimate of drug-likeness (QED) is 0.929. The predicted molar refractivity (Wildman–Crippen MR) is 84.4 cm³/mol. The molecular formula is C17H24N2O3. The van der Waals surface area contributed by atoms with Crippen LogP contribution in [0.5, 0.6) is 11.5 Å². The van der Waals surface area contributed by atoms with Crippen molar-refractivity contribution < 1.29 is 14.6 Å². The van der Waals surface area contributed by atoms with E-state index in [1.165, 1.54) is 31.7 Å². The molecule has 0 unspecified atom stereocenters. The highest BCUT2D eigenvalue weighted by atomic mass is 16.5. The van der Waals surface area contributed by atoms with Crippen molar-refractivity contribution in [2.24, 2.45) is 0 Å². The molecule has 1 aromatic carbocycles. The zero-order valence-corrected chi connectivity index (χ0v) is 13.1. The number of carbonyl (C=O) groups excluding carboxylic acids is 1. The third-order valence-electron chi connectivity index (χ3n) is 4.88. The molecule has 0 radical (unpaired) electrons. The minimum absolute atomic E-state index is 0.0176. The van der Waals surface area contributed by atoms with E-state index in [0.29, 0.717) is 17.4 Å². The number of phenols is 1. The van der Waals surface area contributed by atoms with E-state index in [0.717, 1.165) is 26.2 Å². The first kappa shape index (κ1) is 15.2. The van der Waals surface area contributed by atoms with Gasteiger partial charge in [-0.05, 0) is 31.0 Å². The molecule has 22 heavy (non-hydrogen) atoms. The number of phenolic OH excluding ortho intramolecular Hbond substituents is 1. The molecule has 1 saturated carbocycles. The fourth-order valence-electron chi connectivity index (χ4n) is 3.54. The van der Waals surface area contributed by atoms with Gasteiger partial charge in [-0.15, -0.1) is 0 Å². The number of aromatic hydroxyl groups is 1. The van der Waals surface area contributed by atoms with Crippen LogP contribution in [0, 0.1) is 0 Å². The van der Waals surface area contributed by atoms with Crippen molar-refractivity contribution in [1.82, 2.24) is 9.80 Å². The van der Waals surface area contributed by atoms with Gasteiger partial charge >= 0.3 is 0 Å². The molecule has 1 amide bonds. The first-order chi connectivity index (χ1) is 10.7. The molecule has 1 aliphatic heterocycles. The van der Waals surface area contributed by atoms with E-state index in [9.17, 15) is 9.90 Å². The Hall–Kier alpha value is -1.75. The molecule has 1 aliphatic carbocycles. The molecule has 120 valence electrons. The Morgan fingerprint density at radius 3 is 2.50 bits per heavy atom. The summed E-state index contributed by atoms with van der Waals surface area (Å²) in [5.41, 5.74) is 0.327. The molecule has 0 bridgehead atoms. The maximum Gasteiger partial charge on any atom is 0.257 e. The second-order valence-electron chi connectivity index (χ2n) is 6.15. The number of ether oxygens (including phenoxy) is 1. The van der Waals surface area contributed by atoms with Crippen molar-refractivity contribution in [1.29, 1.82) is 0 Å². The first-order valence-corrected chi connectivity index (χ1v) is 8.09. The van der Waals surface area contributed by atoms with Crippen LogP contribution < -0.4 is 4.74 Å². The number of carbonyl (C=O) groups is 1. The molecule has 2 fully saturated rings. The first-order valence-electron chi connectivity index (χ1n) is 8.09. The van der Waals surface area contributed by atoms with Gasteiger partial charge < -0.3 is 14.7 Å². The second-order valence-corrected chi connectivity index (χ2v) is 6.15. The van der Waals surface area contributed by atoms with Crippen molar-refractivity contribution in [3.63, 3.8) is 0 Å². The minimum Gasteiger partial charge on any atom is -0.507 e. The van der Waals surface area contributed by atoms with Gasteiger partial charge in [-0.2, -0.15) is 0 Å². The lowest BCUT2D eigenvalue weighted by atomic mass is 10.1. The van der Waals surface area contributed by atoms with Crippen LogP contribution >= 0.6 is 0 Å². The number of rotatable bonds is 3. The number of hydrogen-bond donors (Lipinski definition) is 1. The van der Waals surface area contributed by atoms with Gasteiger partial charge in [0.1, 0.15) is 11.5 Å². The number of nitrogens with zero attached hydrogens (tertiary/aromatic N) is 2. The number of methoxy groups -OCH3 is 1. The van der Waals surface area contributed by atoms with Crippen LogP contribution in [0.2, 0.25) is 0 Å². The highest BCUT2D eigenvalue weighted by molar-refractivity contribution is 5.97. The summed E-state index contributed by atoms with van der Waals surface area (Å²) in [6.45, 7) is 3.32. The van der Waals surface area contributed by atoms with Gasteiger partial charge in [0, 0.05) is 32.2 Å². The summed E-state index contributed by atoms with van der Waals surface area (Å²) in [6.07, 6.45) is 5.26. The van der Waals surface area contributed by atoms with Crippen molar-refractivity contribution in [2.45, 2.75) is 31.7 Å². The number of piperazine rings is 1. The molecule has 2 aliphatic rings. The Morgan fingerprint density at radius 1 is 1.18 bits per heavy atom. The molecule has 5 heteroatoms. The summed E-state index contributed by atoms with van der Waals surface area (Å²) < 4.78 is 5.14. The van der Waals surface area contributed by atoms with Gasteiger partial charge in [0.15, 0.2) is 0 Å². The summed E-state index contributed by atoms with van der Waals surface area (Å²) in [5, 5.41) is 9.94. The summed E-state index contributed by atoms with van der Waals surface area (Å²) in [5.74, 6) is 0.497. The summed E-state index contributed by atoms with van der Waals surface area (Å²) in [4.78, 5) is 17.0. The fourth-order valence-corrected chi connectivity index (χ4v) is 3.54. The molecular weight excluding hydrogens is 280 g/mol. The van der Waals surface area contributed by atoms with E-state index in [-0.39, 0.29) is 11.7 Å². The summed E-state index contributed by atoms with van der Waals surface area (Å²) >= 11 is 0. The molecule has 0 atom stereocenters. The van der Waals surface area contributed by atoms with Crippen LogP contribution in [0.4, 0.5) is 0 Å². The van der Waals surface area contributed by atoms with Crippen LogP contribution in [0.25, 0.3) is 0 Å². The van der Waals surface area contributed by atoms with E-state index in [4.69, 9.17) is 4.74 Å². The standard InChI is InChI=1S/C17H24N2O3/c1-22-14-6-7-16(20)15(12-14)17(21)19-10-8-18(9-11-19)13-4-2-3-5-13/h6-7,12-13,20H,2-5,8-11H2,1H3. The highest BCUT2D eigenvalue weighted by Crippen LogP contribution is 2.27. The van der Waals surface area contributed by atoms with Crippen LogP contribution in [-0.4, -0.2) is 60.1 Å². The van der Waals surface area contributed by atoms with E-state index in [2.05, 4.69) is 4.90 Å². The Balaban J connectivity index is 1.64. The fraction of sp³-hybridized carbons (Fsp3) is 0.588. The SMILES string of the molecule is COc1ccc(O)c(C(=O)N2CCN(C3CCCC3)CC2)c1. The summed E-state index contributed by atoms with van der Waals surface area (Å²) in [6, 6.07) is 5.49. The Bertz CT molecular complexity index is 533. The van der Waals surface area contributed by atoms with Crippen LogP contribution in [0.3, 0.4) is 0 Å². The molecule has 1 aromatic rings. The zero-order chi connectivity index (χ0) is 15.5. The van der Waals surface area contributed by atoms with Gasteiger partial charge in [-0.3, -0.25) is 9.69 Å². The van der Waals surface area contributed by atoms with Gasteiger partial charge in [0.2, 0.25) is 0 Å². The number of hydrogen-bond acceptors (Lipinski definition) is 4. The Kier molecular flexibility index (Phi) is 4.52. The lowest BCUT2D eigenvalue weighted by Gasteiger charge is -2.38. The number of benzene rings is 1. The zero-order valence-electron chi connectivity index (χ0n) is 13.1. The predicted octanol–water partition coefficient (Wildman–Crippen LogP) is 2.10. The van der Waals surface area contributed by atoms with Crippen molar-refractivity contribution in [3.8, 4) is 11.5 Å². The van der Waals surface area contributed by atoms with Gasteiger partial charge in [-0.25, -0.2) is 0 Å². The highest BCUT2D eigenvalue weighted by Gasteiger charge is 2.29. The molecule has 0 aromatic heterocycles. The van der Waals surface area contributed by atoms with E-state index < -0.39 is 0 Å². The van der Waals surface area contributed by atoms with E-state index >= 15 is 0 Å². The molecule has 5 nitrogen and oxygen atoms in total. The third-order valence-corrected chi connectivity index (χ3v) is 4.88. The normalized spacial score (nSPS) is 20.3. The van der Waals surface area contributed by atoms with E-state index in [1.807, 2.05) is 4.90 Å². The summed E-state index contributed by atoms with van der Waals surface area (Å²) in [7, 11) is 1.56. The van der Waals surface area contributed by atoms with Crippen LogP contribution in [0.15, 0.2) is 18.2 Å². The van der Waals surface area contributed by atoms with Gasteiger partial charge in [0.05, 0.1) is 12.7 Å². The van der Waals surface area contributed by atoms with Crippen molar-refractivity contribution >= 4 is 5.91 Å². The molecule has 3 rings (SSSR count). The minimum atomic E-state index is -0.109. The molecule has 1 saturated heterocycles. The van der Waals surface area contributed by atoms with Gasteiger partial charge in [0.25, 0.3) is 5.91 Å². The monoisotopic (exact) mass is 304 g/mol. The number of amides is 1. The van der Waals surface area contributed by atoms with Crippen LogP contribution in [0.1, 0.15) is 36.0 Å². The second kappa shape index (κ2) is 6.57. The third kappa shape index (κ3) is 3.04. The maximum absolute atomic E-state index is 12.6. The lowest BCUT2D eigenvalue weighted by Crippen LogP contribution is -2.51. The topological polar surface area (TPSA) is 53.0 Å². The largest absolute Gasteiger partial charge is 0.507 e.